The van der Waals surface area contributed by atoms with Crippen molar-refractivity contribution < 1.29 is 19.1 Å². The van der Waals surface area contributed by atoms with Crippen LogP contribution in [0.25, 0.3) is 16.8 Å². The molecule has 0 radical (unpaired) electrons. The number of rotatable bonds is 6. The number of hydrogen-bond acceptors (Lipinski definition) is 6. The van der Waals surface area contributed by atoms with E-state index in [1.165, 1.54) is 0 Å². The van der Waals surface area contributed by atoms with Gasteiger partial charge in [-0.2, -0.15) is 5.10 Å². The number of nitrogens with zero attached hydrogens (tertiary/aromatic N) is 4. The van der Waals surface area contributed by atoms with Crippen molar-refractivity contribution in [2.24, 2.45) is 0 Å². The largest absolute Gasteiger partial charge is 0.493 e. The summed E-state index contributed by atoms with van der Waals surface area (Å²) in [5, 5.41) is 7.09. The maximum absolute atomic E-state index is 12.8. The summed E-state index contributed by atoms with van der Waals surface area (Å²) in [6.07, 6.45) is 0. The molecule has 33 heavy (non-hydrogen) atoms. The van der Waals surface area contributed by atoms with Gasteiger partial charge in [0.05, 0.1) is 31.1 Å². The van der Waals surface area contributed by atoms with Gasteiger partial charge in [0.1, 0.15) is 0 Å². The van der Waals surface area contributed by atoms with Gasteiger partial charge in [-0.15, -0.1) is 0 Å². The third-order valence-electron chi connectivity index (χ3n) is 5.71. The van der Waals surface area contributed by atoms with Crippen molar-refractivity contribution in [1.82, 2.24) is 24.7 Å². The number of piperazine rings is 1. The molecule has 2 amide bonds. The van der Waals surface area contributed by atoms with E-state index < -0.39 is 5.91 Å². The summed E-state index contributed by atoms with van der Waals surface area (Å²) in [5.41, 5.74) is 2.60. The average molecular weight is 450 g/mol. The van der Waals surface area contributed by atoms with Gasteiger partial charge < -0.3 is 24.6 Å². The van der Waals surface area contributed by atoms with E-state index in [-0.39, 0.29) is 17.3 Å². The molecule has 1 aliphatic rings. The highest BCUT2D eigenvalue weighted by Crippen LogP contribution is 2.32. The predicted molar refractivity (Wildman–Crippen MR) is 124 cm³/mol. The molecule has 2 aromatic heterocycles. The first kappa shape index (κ1) is 22.3. The molecule has 3 aromatic rings. The van der Waals surface area contributed by atoms with Gasteiger partial charge in [-0.05, 0) is 43.4 Å². The van der Waals surface area contributed by atoms with Crippen LogP contribution in [-0.4, -0.2) is 78.7 Å². The van der Waals surface area contributed by atoms with E-state index in [0.717, 1.165) is 29.9 Å². The summed E-state index contributed by atoms with van der Waals surface area (Å²) < 4.78 is 12.4. The molecule has 0 aliphatic carbocycles. The minimum Gasteiger partial charge on any atom is -0.493 e. The first-order valence-corrected chi connectivity index (χ1v) is 10.6. The Morgan fingerprint density at radius 2 is 1.73 bits per heavy atom. The van der Waals surface area contributed by atoms with Crippen LogP contribution in [0.2, 0.25) is 0 Å². The highest BCUT2D eigenvalue weighted by Gasteiger charge is 2.23. The van der Waals surface area contributed by atoms with Crippen LogP contribution in [0, 0.1) is 0 Å². The zero-order valence-corrected chi connectivity index (χ0v) is 19.0. The fourth-order valence-corrected chi connectivity index (χ4v) is 3.80. The van der Waals surface area contributed by atoms with Crippen LogP contribution in [0.5, 0.6) is 11.5 Å². The van der Waals surface area contributed by atoms with Crippen LogP contribution in [0.15, 0.2) is 54.7 Å². The van der Waals surface area contributed by atoms with Crippen LogP contribution in [0.1, 0.15) is 10.5 Å². The molecule has 1 aliphatic heterocycles. The second-order valence-electron chi connectivity index (χ2n) is 7.88. The van der Waals surface area contributed by atoms with Gasteiger partial charge in [-0.1, -0.05) is 12.6 Å². The molecular formula is C24H27N5O4. The van der Waals surface area contributed by atoms with Gasteiger partial charge >= 0.3 is 0 Å². The summed E-state index contributed by atoms with van der Waals surface area (Å²) in [6, 6.07) is 12.9. The van der Waals surface area contributed by atoms with Gasteiger partial charge in [0.2, 0.25) is 0 Å². The smallest absolute Gasteiger partial charge is 0.276 e. The summed E-state index contributed by atoms with van der Waals surface area (Å²) in [6.45, 7) is 6.56. The minimum atomic E-state index is -0.482. The molecule has 172 valence electrons. The molecule has 0 atom stereocenters. The van der Waals surface area contributed by atoms with Gasteiger partial charge in [0.25, 0.3) is 11.8 Å². The summed E-state index contributed by atoms with van der Waals surface area (Å²) in [5.74, 6) is 0.462. The number of likely N-dealkylation sites (N-methyl/N-ethyl adjacent to an activating group) is 1. The molecule has 4 rings (SSSR count). The fourth-order valence-electron chi connectivity index (χ4n) is 3.80. The highest BCUT2D eigenvalue weighted by atomic mass is 16.5. The first-order chi connectivity index (χ1) is 15.9. The monoisotopic (exact) mass is 449 g/mol. The fraction of sp³-hybridized carbons (Fsp3) is 0.292. The van der Waals surface area contributed by atoms with E-state index in [4.69, 9.17) is 9.47 Å². The summed E-state index contributed by atoms with van der Waals surface area (Å²) >= 11 is 0. The van der Waals surface area contributed by atoms with Gasteiger partial charge in [0, 0.05) is 31.7 Å². The molecule has 1 aromatic carbocycles. The van der Waals surface area contributed by atoms with Crippen molar-refractivity contribution in [3.63, 3.8) is 0 Å². The molecule has 1 N–H and O–H groups in total. The lowest BCUT2D eigenvalue weighted by Crippen LogP contribution is -2.49. The van der Waals surface area contributed by atoms with E-state index >= 15 is 0 Å². The van der Waals surface area contributed by atoms with Gasteiger partial charge in [-0.25, -0.2) is 4.52 Å². The SMILES string of the molecule is C=C(NC(=O)c1cc2cccc(-c3ccc(OC)c(OC)c3)n2n1)C(=O)N1CCN(C)CC1. The maximum Gasteiger partial charge on any atom is 0.276 e. The number of amides is 2. The predicted octanol–water partition coefficient (Wildman–Crippen LogP) is 2.04. The molecule has 0 saturated carbocycles. The molecule has 0 spiro atoms. The van der Waals surface area contributed by atoms with Crippen LogP contribution in [0.4, 0.5) is 0 Å². The van der Waals surface area contributed by atoms with Crippen molar-refractivity contribution in [2.75, 3.05) is 47.4 Å². The number of aromatic nitrogens is 2. The second-order valence-corrected chi connectivity index (χ2v) is 7.88. The number of nitrogens with one attached hydrogen (secondary N) is 1. The summed E-state index contributed by atoms with van der Waals surface area (Å²) in [4.78, 5) is 29.3. The number of benzene rings is 1. The molecule has 1 fully saturated rings. The minimum absolute atomic E-state index is 0.0433. The first-order valence-electron chi connectivity index (χ1n) is 10.6. The topological polar surface area (TPSA) is 88.4 Å². The average Bonchev–Trinajstić information content (AvgIpc) is 3.28. The molecule has 3 heterocycles. The third-order valence-corrected chi connectivity index (χ3v) is 5.71. The Labute approximate surface area is 192 Å². The Kier molecular flexibility index (Phi) is 6.32. The Morgan fingerprint density at radius 1 is 1.00 bits per heavy atom. The molecular weight excluding hydrogens is 422 g/mol. The van der Waals surface area contributed by atoms with E-state index in [1.807, 2.05) is 43.4 Å². The zero-order valence-electron chi connectivity index (χ0n) is 19.0. The summed E-state index contributed by atoms with van der Waals surface area (Å²) in [7, 11) is 5.17. The Balaban J connectivity index is 1.55. The van der Waals surface area contributed by atoms with E-state index in [2.05, 4.69) is 21.9 Å². The number of carbonyl (C=O) groups is 2. The molecule has 0 unspecified atom stereocenters. The molecule has 9 heteroatoms. The number of hydrogen-bond donors (Lipinski definition) is 1. The van der Waals surface area contributed by atoms with Crippen LogP contribution in [0.3, 0.4) is 0 Å². The molecule has 0 bridgehead atoms. The number of carbonyl (C=O) groups excluding carboxylic acids is 2. The Hall–Kier alpha value is -3.85. The second kappa shape index (κ2) is 9.33. The Morgan fingerprint density at radius 3 is 2.42 bits per heavy atom. The zero-order chi connectivity index (χ0) is 23.5. The highest BCUT2D eigenvalue weighted by molar-refractivity contribution is 6.02. The number of fused-ring (bicyclic) bond motifs is 1. The maximum atomic E-state index is 12.8. The standard InChI is InChI=1S/C24H27N5O4/c1-16(24(31)28-12-10-27(2)11-13-28)25-23(30)19-15-18-6-5-7-20(29(18)26-19)17-8-9-21(32-3)22(14-17)33-4/h5-9,14-15H,1,10-13H2,2-4H3,(H,25,30). The van der Waals surface area contributed by atoms with E-state index in [9.17, 15) is 9.59 Å². The number of methoxy groups -OCH3 is 2. The number of pyridine rings is 1. The van der Waals surface area contributed by atoms with E-state index in [1.54, 1.807) is 29.7 Å². The van der Waals surface area contributed by atoms with Crippen molar-refractivity contribution >= 4 is 17.3 Å². The molecule has 1 saturated heterocycles. The molecule has 9 nitrogen and oxygen atoms in total. The third kappa shape index (κ3) is 4.54. The normalized spacial score (nSPS) is 14.2. The number of ether oxygens (including phenoxy) is 2. The lowest BCUT2D eigenvalue weighted by atomic mass is 10.1. The lowest BCUT2D eigenvalue weighted by molar-refractivity contribution is -0.128. The van der Waals surface area contributed by atoms with Gasteiger partial charge in [-0.3, -0.25) is 9.59 Å². The van der Waals surface area contributed by atoms with E-state index in [0.29, 0.717) is 24.6 Å². The Bertz CT molecular complexity index is 1210. The van der Waals surface area contributed by atoms with Gasteiger partial charge in [0.15, 0.2) is 17.2 Å². The van der Waals surface area contributed by atoms with Crippen LogP contribution in [-0.2, 0) is 4.79 Å². The van der Waals surface area contributed by atoms with Crippen molar-refractivity contribution in [3.8, 4) is 22.8 Å². The quantitative estimate of drug-likeness (QED) is 0.580. The van der Waals surface area contributed by atoms with Crippen molar-refractivity contribution in [1.29, 1.82) is 0 Å². The van der Waals surface area contributed by atoms with Crippen LogP contribution >= 0.6 is 0 Å². The van der Waals surface area contributed by atoms with Crippen molar-refractivity contribution in [2.45, 2.75) is 0 Å². The lowest BCUT2D eigenvalue weighted by Gasteiger charge is -2.32. The van der Waals surface area contributed by atoms with Crippen LogP contribution < -0.4 is 14.8 Å². The van der Waals surface area contributed by atoms with Crippen molar-refractivity contribution in [3.05, 3.63) is 60.4 Å².